The Morgan fingerprint density at radius 2 is 1.59 bits per heavy atom. The summed E-state index contributed by atoms with van der Waals surface area (Å²) in [6.45, 7) is 13.1. The highest BCUT2D eigenvalue weighted by Crippen LogP contribution is 2.36. The summed E-state index contributed by atoms with van der Waals surface area (Å²) in [5.41, 5.74) is 5.92. The highest BCUT2D eigenvalue weighted by molar-refractivity contribution is 5.85. The number of benzene rings is 2. The quantitative estimate of drug-likeness (QED) is 0.613. The number of hydrogen-bond acceptors (Lipinski definition) is 4. The molecule has 0 saturated heterocycles. The van der Waals surface area contributed by atoms with Crippen LogP contribution in [0.5, 0.6) is 11.5 Å². The van der Waals surface area contributed by atoms with Gasteiger partial charge in [0.2, 0.25) is 6.10 Å². The molecule has 1 atom stereocenters. The van der Waals surface area contributed by atoms with Crippen molar-refractivity contribution in [3.05, 3.63) is 59.2 Å². The van der Waals surface area contributed by atoms with Gasteiger partial charge < -0.3 is 9.47 Å². The van der Waals surface area contributed by atoms with E-state index in [4.69, 9.17) is 9.47 Å². The predicted octanol–water partition coefficient (Wildman–Crippen LogP) is 4.57. The molecule has 29 heavy (non-hydrogen) atoms. The second kappa shape index (κ2) is 7.90. The maximum absolute atomic E-state index is 12.4. The lowest BCUT2D eigenvalue weighted by Gasteiger charge is -2.27. The van der Waals surface area contributed by atoms with E-state index in [1.54, 1.807) is 6.21 Å². The van der Waals surface area contributed by atoms with E-state index in [0.29, 0.717) is 11.5 Å². The Kier molecular flexibility index (Phi) is 5.69. The van der Waals surface area contributed by atoms with Gasteiger partial charge in [-0.05, 0) is 39.7 Å². The van der Waals surface area contributed by atoms with Crippen molar-refractivity contribution in [2.45, 2.75) is 58.5 Å². The van der Waals surface area contributed by atoms with Crippen molar-refractivity contribution < 1.29 is 14.3 Å². The van der Waals surface area contributed by atoms with Crippen molar-refractivity contribution in [3.63, 3.8) is 0 Å². The third kappa shape index (κ3) is 5.17. The average molecular weight is 395 g/mol. The third-order valence-electron chi connectivity index (χ3n) is 4.93. The molecular weight excluding hydrogens is 364 g/mol. The maximum Gasteiger partial charge on any atom is 0.284 e. The molecule has 1 unspecified atom stereocenters. The molecule has 0 aromatic heterocycles. The minimum absolute atomic E-state index is 0.0135. The Hall–Kier alpha value is -2.82. The Bertz CT molecular complexity index is 903. The van der Waals surface area contributed by atoms with Crippen LogP contribution >= 0.6 is 0 Å². The first-order valence-corrected chi connectivity index (χ1v) is 9.91. The molecule has 0 radical (unpaired) electrons. The van der Waals surface area contributed by atoms with Crippen LogP contribution < -0.4 is 14.9 Å². The highest BCUT2D eigenvalue weighted by Gasteiger charge is 2.28. The molecule has 1 heterocycles. The number of hydrogen-bond donors (Lipinski definition) is 1. The molecule has 5 heteroatoms. The number of nitrogens with one attached hydrogen (secondary N) is 1. The minimum Gasteiger partial charge on any atom is -0.485 e. The van der Waals surface area contributed by atoms with Gasteiger partial charge in [-0.25, -0.2) is 5.43 Å². The van der Waals surface area contributed by atoms with Crippen LogP contribution in [-0.2, 0) is 15.6 Å². The van der Waals surface area contributed by atoms with Gasteiger partial charge in [0, 0.05) is 0 Å². The summed E-state index contributed by atoms with van der Waals surface area (Å²) < 4.78 is 11.6. The van der Waals surface area contributed by atoms with E-state index in [0.717, 1.165) is 11.1 Å². The monoisotopic (exact) mass is 394 g/mol. The fraction of sp³-hybridized carbons (Fsp3) is 0.417. The molecule has 154 valence electrons. The fourth-order valence-corrected chi connectivity index (χ4v) is 2.98. The minimum atomic E-state index is -0.738. The number of nitrogens with zero attached hydrogens (tertiary/aromatic N) is 1. The first-order chi connectivity index (χ1) is 13.5. The summed E-state index contributed by atoms with van der Waals surface area (Å²) in [5, 5.41) is 4.06. The summed E-state index contributed by atoms with van der Waals surface area (Å²) >= 11 is 0. The summed E-state index contributed by atoms with van der Waals surface area (Å²) in [4.78, 5) is 12.4. The van der Waals surface area contributed by atoms with Crippen LogP contribution in [0.4, 0.5) is 0 Å². The van der Waals surface area contributed by atoms with Crippen LogP contribution in [0.3, 0.4) is 0 Å². The van der Waals surface area contributed by atoms with Crippen molar-refractivity contribution in [3.8, 4) is 11.5 Å². The molecule has 1 amide bonds. The normalized spacial score (nSPS) is 16.7. The van der Waals surface area contributed by atoms with Gasteiger partial charge >= 0.3 is 0 Å². The van der Waals surface area contributed by atoms with Gasteiger partial charge in [-0.15, -0.1) is 0 Å². The number of carbonyl (C=O) groups is 1. The number of hydrazone groups is 1. The second-order valence-corrected chi connectivity index (χ2v) is 9.44. The van der Waals surface area contributed by atoms with E-state index in [-0.39, 0.29) is 23.3 Å². The molecule has 2 aromatic carbocycles. The van der Waals surface area contributed by atoms with Crippen molar-refractivity contribution >= 4 is 12.1 Å². The van der Waals surface area contributed by atoms with E-state index in [1.807, 2.05) is 30.3 Å². The SMILES string of the molecule is CC(C)(C)c1ccc(/C=N\NC(=O)C2COc3ccc(C(C)(C)C)cc3O2)cc1. The second-order valence-electron chi connectivity index (χ2n) is 9.44. The Labute approximate surface area is 173 Å². The van der Waals surface area contributed by atoms with Crippen LogP contribution in [-0.4, -0.2) is 24.8 Å². The molecule has 5 nitrogen and oxygen atoms in total. The van der Waals surface area contributed by atoms with E-state index in [2.05, 4.69) is 64.2 Å². The predicted molar refractivity (Wildman–Crippen MR) is 116 cm³/mol. The lowest BCUT2D eigenvalue weighted by molar-refractivity contribution is -0.130. The number of rotatable bonds is 3. The standard InChI is InChI=1S/C24H30N2O3/c1-23(2,3)17-9-7-16(8-10-17)14-25-26-22(27)21-15-28-19-12-11-18(24(4,5)6)13-20(19)29-21/h7-14,21H,15H2,1-6H3,(H,26,27)/b25-14-. The Morgan fingerprint density at radius 1 is 0.966 bits per heavy atom. The van der Waals surface area contributed by atoms with Crippen LogP contribution in [0.2, 0.25) is 0 Å². The number of amides is 1. The van der Waals surface area contributed by atoms with Gasteiger partial charge in [-0.3, -0.25) is 4.79 Å². The van der Waals surface area contributed by atoms with Gasteiger partial charge in [0.1, 0.15) is 6.61 Å². The van der Waals surface area contributed by atoms with E-state index in [9.17, 15) is 4.79 Å². The molecule has 0 saturated carbocycles. The molecule has 0 spiro atoms. The number of fused-ring (bicyclic) bond motifs is 1. The van der Waals surface area contributed by atoms with Gasteiger partial charge in [0.25, 0.3) is 5.91 Å². The van der Waals surface area contributed by atoms with Gasteiger partial charge in [0.15, 0.2) is 11.5 Å². The summed E-state index contributed by atoms with van der Waals surface area (Å²) in [6.07, 6.45) is 0.887. The van der Waals surface area contributed by atoms with Crippen LogP contribution in [0.1, 0.15) is 58.2 Å². The molecule has 0 fully saturated rings. The number of carbonyl (C=O) groups excluding carboxylic acids is 1. The molecule has 3 rings (SSSR count). The maximum atomic E-state index is 12.4. The first-order valence-electron chi connectivity index (χ1n) is 9.91. The summed E-state index contributed by atoms with van der Waals surface area (Å²) in [6, 6.07) is 14.0. The zero-order valence-corrected chi connectivity index (χ0v) is 18.1. The van der Waals surface area contributed by atoms with Crippen molar-refractivity contribution in [1.29, 1.82) is 0 Å². The van der Waals surface area contributed by atoms with E-state index < -0.39 is 6.10 Å². The third-order valence-corrected chi connectivity index (χ3v) is 4.93. The lowest BCUT2D eigenvalue weighted by atomic mass is 9.87. The van der Waals surface area contributed by atoms with E-state index in [1.165, 1.54) is 5.56 Å². The van der Waals surface area contributed by atoms with Gasteiger partial charge in [-0.2, -0.15) is 5.10 Å². The molecule has 1 aliphatic rings. The van der Waals surface area contributed by atoms with Crippen LogP contribution in [0, 0.1) is 0 Å². The Morgan fingerprint density at radius 3 is 2.21 bits per heavy atom. The van der Waals surface area contributed by atoms with Crippen LogP contribution in [0.15, 0.2) is 47.6 Å². The zero-order valence-electron chi connectivity index (χ0n) is 18.1. The van der Waals surface area contributed by atoms with Crippen molar-refractivity contribution in [2.75, 3.05) is 6.61 Å². The topological polar surface area (TPSA) is 59.9 Å². The zero-order chi connectivity index (χ0) is 21.2. The number of ether oxygens (including phenoxy) is 2. The van der Waals surface area contributed by atoms with Crippen LogP contribution in [0.25, 0.3) is 0 Å². The molecular formula is C24H30N2O3. The smallest absolute Gasteiger partial charge is 0.284 e. The first kappa shape index (κ1) is 20.9. The summed E-state index contributed by atoms with van der Waals surface area (Å²) in [7, 11) is 0. The van der Waals surface area contributed by atoms with Gasteiger partial charge in [-0.1, -0.05) is 71.9 Å². The van der Waals surface area contributed by atoms with Gasteiger partial charge in [0.05, 0.1) is 6.21 Å². The lowest BCUT2D eigenvalue weighted by Crippen LogP contribution is -2.42. The molecule has 2 aromatic rings. The van der Waals surface area contributed by atoms with E-state index >= 15 is 0 Å². The molecule has 0 bridgehead atoms. The van der Waals surface area contributed by atoms with Crippen molar-refractivity contribution in [1.82, 2.24) is 5.43 Å². The molecule has 0 aliphatic carbocycles. The summed E-state index contributed by atoms with van der Waals surface area (Å²) in [5.74, 6) is 0.912. The Balaban J connectivity index is 1.61. The fourth-order valence-electron chi connectivity index (χ4n) is 2.98. The van der Waals surface area contributed by atoms with Crippen molar-refractivity contribution in [2.24, 2.45) is 5.10 Å². The molecule has 1 aliphatic heterocycles. The molecule has 1 N–H and O–H groups in total. The largest absolute Gasteiger partial charge is 0.485 e. The highest BCUT2D eigenvalue weighted by atomic mass is 16.6. The average Bonchev–Trinajstić information content (AvgIpc) is 2.66.